The van der Waals surface area contributed by atoms with Crippen LogP contribution in [0.2, 0.25) is 0 Å². The molecule has 0 aliphatic carbocycles. The van der Waals surface area contributed by atoms with Crippen molar-refractivity contribution in [3.8, 4) is 0 Å². The molecule has 0 N–H and O–H groups in total. The van der Waals surface area contributed by atoms with Crippen LogP contribution in [0.1, 0.15) is 54.4 Å². The minimum absolute atomic E-state index is 0.0636. The summed E-state index contributed by atoms with van der Waals surface area (Å²) in [5.41, 5.74) is -0.847. The van der Waals surface area contributed by atoms with Crippen molar-refractivity contribution in [1.29, 1.82) is 0 Å². The summed E-state index contributed by atoms with van der Waals surface area (Å²) in [7, 11) is 0. The normalized spacial score (nSPS) is 33.5. The van der Waals surface area contributed by atoms with E-state index in [2.05, 4.69) is 13.8 Å². The summed E-state index contributed by atoms with van der Waals surface area (Å²) in [6.07, 6.45) is 1.26. The van der Waals surface area contributed by atoms with Gasteiger partial charge in [0.05, 0.1) is 13.2 Å². The first-order valence-corrected chi connectivity index (χ1v) is 6.74. The van der Waals surface area contributed by atoms with Gasteiger partial charge in [0.1, 0.15) is 0 Å². The Morgan fingerprint density at radius 1 is 0.833 bits per heavy atom. The van der Waals surface area contributed by atoms with Gasteiger partial charge in [-0.15, -0.1) is 10.3 Å². The van der Waals surface area contributed by atoms with Gasteiger partial charge in [0.25, 0.3) is 0 Å². The van der Waals surface area contributed by atoms with E-state index < -0.39 is 16.9 Å². The Balaban J connectivity index is 2.21. The van der Waals surface area contributed by atoms with Gasteiger partial charge in [-0.05, 0) is 27.7 Å². The summed E-state index contributed by atoms with van der Waals surface area (Å²) < 4.78 is 12.1. The van der Waals surface area contributed by atoms with Crippen molar-refractivity contribution in [3.63, 3.8) is 0 Å². The summed E-state index contributed by atoms with van der Waals surface area (Å²) in [5.74, 6) is -0.580. The molecule has 2 saturated heterocycles. The summed E-state index contributed by atoms with van der Waals surface area (Å²) >= 11 is 0. The molecule has 0 aromatic rings. The topological polar surface area (TPSA) is 41.6 Å². The summed E-state index contributed by atoms with van der Waals surface area (Å²) in [5, 5.41) is 13.5. The van der Waals surface area contributed by atoms with E-state index in [1.165, 1.54) is 5.06 Å². The first-order chi connectivity index (χ1) is 7.98. The fraction of sp³-hybridized carbons (Fsp3) is 1.00. The maximum atomic E-state index is 12.3. The lowest BCUT2D eigenvalue weighted by atomic mass is 9.77. The third kappa shape index (κ3) is 2.44. The zero-order valence-electron chi connectivity index (χ0n) is 12.5. The molecule has 1 spiro atoms. The second kappa shape index (κ2) is 3.92. The Morgan fingerprint density at radius 3 is 1.61 bits per heavy atom. The van der Waals surface area contributed by atoms with E-state index in [0.717, 1.165) is 0 Å². The molecule has 4 heteroatoms. The predicted molar refractivity (Wildman–Crippen MR) is 68.3 cm³/mol. The smallest absolute Gasteiger partial charge is 0.171 e. The van der Waals surface area contributed by atoms with Crippen LogP contribution in [0.5, 0.6) is 0 Å². The van der Waals surface area contributed by atoms with Crippen molar-refractivity contribution in [1.82, 2.24) is 5.06 Å². The van der Waals surface area contributed by atoms with Crippen LogP contribution in [0.4, 0.5) is 0 Å². The van der Waals surface area contributed by atoms with Gasteiger partial charge in [-0.2, -0.15) is 0 Å². The number of rotatable bonds is 0. The van der Waals surface area contributed by atoms with Crippen molar-refractivity contribution in [3.05, 3.63) is 0 Å². The van der Waals surface area contributed by atoms with Crippen molar-refractivity contribution in [2.45, 2.75) is 71.2 Å². The van der Waals surface area contributed by atoms with Crippen molar-refractivity contribution in [2.75, 3.05) is 13.2 Å². The zero-order valence-corrected chi connectivity index (χ0v) is 12.5. The molecule has 2 heterocycles. The minimum Gasteiger partial charge on any atom is -0.349 e. The van der Waals surface area contributed by atoms with Crippen LogP contribution >= 0.6 is 0 Å². The molecule has 0 aromatic carbocycles. The molecule has 0 aromatic heterocycles. The third-order valence-corrected chi connectivity index (χ3v) is 3.96. The molecule has 105 valence electrons. The molecule has 0 amide bonds. The first-order valence-electron chi connectivity index (χ1n) is 6.74. The van der Waals surface area contributed by atoms with Crippen LogP contribution in [-0.4, -0.2) is 35.1 Å². The number of ether oxygens (including phenoxy) is 2. The lowest BCUT2D eigenvalue weighted by Gasteiger charge is -2.56. The van der Waals surface area contributed by atoms with Gasteiger partial charge in [0, 0.05) is 29.3 Å². The highest BCUT2D eigenvalue weighted by Gasteiger charge is 2.56. The quantitative estimate of drug-likeness (QED) is 0.669. The number of hydrogen-bond donors (Lipinski definition) is 0. The van der Waals surface area contributed by atoms with Crippen LogP contribution in [0.3, 0.4) is 0 Å². The zero-order chi connectivity index (χ0) is 13.8. The average Bonchev–Trinajstić information content (AvgIpc) is 2.19. The fourth-order valence-electron chi connectivity index (χ4n) is 3.28. The van der Waals surface area contributed by atoms with Crippen molar-refractivity contribution < 1.29 is 14.7 Å². The Bertz CT molecular complexity index is 306. The molecule has 0 atom stereocenters. The van der Waals surface area contributed by atoms with E-state index in [1.807, 2.05) is 27.7 Å². The maximum Gasteiger partial charge on any atom is 0.171 e. The van der Waals surface area contributed by atoms with E-state index in [4.69, 9.17) is 9.47 Å². The maximum absolute atomic E-state index is 12.3. The highest BCUT2D eigenvalue weighted by molar-refractivity contribution is 5.01. The Hall–Kier alpha value is -0.160. The summed E-state index contributed by atoms with van der Waals surface area (Å²) in [6, 6.07) is 0. The van der Waals surface area contributed by atoms with E-state index in [9.17, 15) is 5.21 Å². The van der Waals surface area contributed by atoms with Gasteiger partial charge >= 0.3 is 0 Å². The summed E-state index contributed by atoms with van der Waals surface area (Å²) in [4.78, 5) is 0. The average molecular weight is 256 g/mol. The Labute approximate surface area is 110 Å². The molecule has 1 radical (unpaired) electrons. The number of hydrogen-bond acceptors (Lipinski definition) is 3. The highest BCUT2D eigenvalue weighted by atomic mass is 16.7. The lowest BCUT2D eigenvalue weighted by Crippen LogP contribution is -2.66. The standard InChI is InChI=1S/C14H26NO3/c1-11(2)9-17-14(18-10-11)7-12(3,4)15(16)13(5,6)8-14/h7-10H2,1-6H3. The molecule has 0 bridgehead atoms. The van der Waals surface area contributed by atoms with Crippen molar-refractivity contribution in [2.24, 2.45) is 5.41 Å². The Morgan fingerprint density at radius 2 is 1.22 bits per heavy atom. The van der Waals surface area contributed by atoms with Crippen LogP contribution < -0.4 is 0 Å². The molecular formula is C14H26NO3. The number of piperidine rings is 1. The molecule has 0 saturated carbocycles. The summed E-state index contributed by atoms with van der Waals surface area (Å²) in [6.45, 7) is 13.5. The Kier molecular flexibility index (Phi) is 3.10. The largest absolute Gasteiger partial charge is 0.349 e. The molecule has 0 unspecified atom stereocenters. The number of hydroxylamine groups is 2. The molecule has 2 aliphatic heterocycles. The molecule has 18 heavy (non-hydrogen) atoms. The van der Waals surface area contributed by atoms with Gasteiger partial charge in [-0.25, -0.2) is 0 Å². The molecular weight excluding hydrogens is 230 g/mol. The van der Waals surface area contributed by atoms with Crippen LogP contribution in [0.25, 0.3) is 0 Å². The minimum atomic E-state index is -0.580. The number of nitrogens with zero attached hydrogens (tertiary/aromatic N) is 1. The first kappa shape index (κ1) is 14.3. The van der Waals surface area contributed by atoms with Gasteiger partial charge in [0.2, 0.25) is 0 Å². The van der Waals surface area contributed by atoms with Gasteiger partial charge < -0.3 is 9.47 Å². The molecule has 4 nitrogen and oxygen atoms in total. The monoisotopic (exact) mass is 256 g/mol. The highest BCUT2D eigenvalue weighted by Crippen LogP contribution is 2.47. The van der Waals surface area contributed by atoms with Crippen molar-refractivity contribution >= 4 is 0 Å². The second-order valence-electron chi connectivity index (χ2n) is 7.93. The van der Waals surface area contributed by atoms with Gasteiger partial charge in [0.15, 0.2) is 5.79 Å². The predicted octanol–water partition coefficient (Wildman–Crippen LogP) is 2.75. The van der Waals surface area contributed by atoms with Gasteiger partial charge in [-0.3, -0.25) is 0 Å². The van der Waals surface area contributed by atoms with E-state index in [1.54, 1.807) is 0 Å². The van der Waals surface area contributed by atoms with E-state index >= 15 is 0 Å². The third-order valence-electron chi connectivity index (χ3n) is 3.96. The fourth-order valence-corrected chi connectivity index (χ4v) is 3.28. The van der Waals surface area contributed by atoms with E-state index in [-0.39, 0.29) is 5.41 Å². The van der Waals surface area contributed by atoms with Crippen LogP contribution in [0, 0.1) is 5.41 Å². The molecule has 2 fully saturated rings. The van der Waals surface area contributed by atoms with E-state index in [0.29, 0.717) is 26.1 Å². The SMILES string of the molecule is CC1(C)COC2(CC(C)(C)N([O])C(C)(C)C2)OC1. The van der Waals surface area contributed by atoms with Gasteiger partial charge in [-0.1, -0.05) is 13.8 Å². The molecule has 2 rings (SSSR count). The lowest BCUT2D eigenvalue weighted by molar-refractivity contribution is -0.384. The second-order valence-corrected chi connectivity index (χ2v) is 7.93. The molecule has 2 aliphatic rings. The van der Waals surface area contributed by atoms with Crippen LogP contribution in [0.15, 0.2) is 0 Å². The van der Waals surface area contributed by atoms with Crippen LogP contribution in [-0.2, 0) is 14.7 Å².